The summed E-state index contributed by atoms with van der Waals surface area (Å²) in [7, 11) is 0. The predicted molar refractivity (Wildman–Crippen MR) is 65.2 cm³/mol. The van der Waals surface area contributed by atoms with Gasteiger partial charge in [0.05, 0.1) is 6.61 Å². The van der Waals surface area contributed by atoms with Crippen LogP contribution in [0.1, 0.15) is 47.0 Å². The van der Waals surface area contributed by atoms with Crippen LogP contribution in [0, 0.1) is 11.8 Å². The Labute approximate surface area is 98.9 Å². The Balaban J connectivity index is 2.40. The first-order valence-corrected chi connectivity index (χ1v) is 6.52. The van der Waals surface area contributed by atoms with E-state index in [2.05, 4.69) is 19.2 Å². The molecule has 0 aliphatic heterocycles. The Kier molecular flexibility index (Phi) is 5.26. The van der Waals surface area contributed by atoms with Crippen LogP contribution < -0.4 is 5.32 Å². The number of carbonyl (C=O) groups excluding carboxylic acids is 1. The Morgan fingerprint density at radius 2 is 2.12 bits per heavy atom. The maximum Gasteiger partial charge on any atom is 0.322 e. The Morgan fingerprint density at radius 1 is 1.44 bits per heavy atom. The van der Waals surface area contributed by atoms with Gasteiger partial charge in [-0.25, -0.2) is 0 Å². The van der Waals surface area contributed by atoms with Crippen LogP contribution in [0.2, 0.25) is 0 Å². The highest BCUT2D eigenvalue weighted by molar-refractivity contribution is 5.75. The van der Waals surface area contributed by atoms with Gasteiger partial charge >= 0.3 is 5.97 Å². The average Bonchev–Trinajstić information content (AvgIpc) is 2.60. The van der Waals surface area contributed by atoms with Gasteiger partial charge < -0.3 is 10.1 Å². The summed E-state index contributed by atoms with van der Waals surface area (Å²) in [5.41, 5.74) is 0. The molecule has 3 nitrogen and oxygen atoms in total. The molecule has 1 aliphatic rings. The minimum absolute atomic E-state index is 0.130. The van der Waals surface area contributed by atoms with Gasteiger partial charge in [-0.15, -0.1) is 0 Å². The first kappa shape index (κ1) is 13.5. The lowest BCUT2D eigenvalue weighted by Crippen LogP contribution is -2.44. The van der Waals surface area contributed by atoms with Gasteiger partial charge in [0.1, 0.15) is 6.04 Å². The van der Waals surface area contributed by atoms with Crippen molar-refractivity contribution >= 4 is 5.97 Å². The zero-order valence-electron chi connectivity index (χ0n) is 11.0. The van der Waals surface area contributed by atoms with Gasteiger partial charge in [-0.05, 0) is 38.5 Å². The molecule has 94 valence electrons. The monoisotopic (exact) mass is 227 g/mol. The van der Waals surface area contributed by atoms with Crippen LogP contribution >= 0.6 is 0 Å². The summed E-state index contributed by atoms with van der Waals surface area (Å²) in [6.45, 7) is 8.73. The van der Waals surface area contributed by atoms with E-state index in [-0.39, 0.29) is 12.0 Å². The predicted octanol–water partition coefficient (Wildman–Crippen LogP) is 2.35. The minimum Gasteiger partial charge on any atom is -0.465 e. The minimum atomic E-state index is -0.178. The average molecular weight is 227 g/mol. The lowest BCUT2D eigenvalue weighted by atomic mass is 9.93. The molecule has 4 unspecified atom stereocenters. The van der Waals surface area contributed by atoms with Crippen molar-refractivity contribution < 1.29 is 9.53 Å². The standard InChI is InChI=1S/C13H25NO2/c1-5-11-7-8-12(9(11)3)14-10(4)13(15)16-6-2/h9-12,14H,5-8H2,1-4H3. The zero-order valence-corrected chi connectivity index (χ0v) is 11.0. The summed E-state index contributed by atoms with van der Waals surface area (Å²) >= 11 is 0. The van der Waals surface area contributed by atoms with E-state index in [9.17, 15) is 4.79 Å². The fraction of sp³-hybridized carbons (Fsp3) is 0.923. The third-order valence-corrected chi connectivity index (χ3v) is 3.86. The number of rotatable bonds is 5. The van der Waals surface area contributed by atoms with Gasteiger partial charge in [0.2, 0.25) is 0 Å². The summed E-state index contributed by atoms with van der Waals surface area (Å²) in [5.74, 6) is 1.35. The highest BCUT2D eigenvalue weighted by Crippen LogP contribution is 2.34. The molecule has 0 bridgehead atoms. The van der Waals surface area contributed by atoms with Crippen LogP contribution in [-0.2, 0) is 9.53 Å². The molecule has 1 N–H and O–H groups in total. The maximum atomic E-state index is 11.5. The van der Waals surface area contributed by atoms with Crippen molar-refractivity contribution in [3.8, 4) is 0 Å². The van der Waals surface area contributed by atoms with E-state index < -0.39 is 0 Å². The van der Waals surface area contributed by atoms with E-state index in [1.54, 1.807) is 0 Å². The van der Waals surface area contributed by atoms with E-state index >= 15 is 0 Å². The highest BCUT2D eigenvalue weighted by atomic mass is 16.5. The maximum absolute atomic E-state index is 11.5. The third kappa shape index (κ3) is 3.21. The quantitative estimate of drug-likeness (QED) is 0.733. The third-order valence-electron chi connectivity index (χ3n) is 3.86. The Hall–Kier alpha value is -0.570. The molecule has 1 saturated carbocycles. The van der Waals surface area contributed by atoms with Crippen molar-refractivity contribution in [3.05, 3.63) is 0 Å². The molecule has 0 heterocycles. The molecule has 0 aromatic carbocycles. The zero-order chi connectivity index (χ0) is 12.1. The molecule has 1 rings (SSSR count). The van der Waals surface area contributed by atoms with Gasteiger partial charge in [-0.2, -0.15) is 0 Å². The molecule has 1 aliphatic carbocycles. The summed E-state index contributed by atoms with van der Waals surface area (Å²) in [6.07, 6.45) is 3.71. The lowest BCUT2D eigenvalue weighted by Gasteiger charge is -2.24. The smallest absolute Gasteiger partial charge is 0.322 e. The fourth-order valence-electron chi connectivity index (χ4n) is 2.72. The normalized spacial score (nSPS) is 31.4. The van der Waals surface area contributed by atoms with E-state index in [1.807, 2.05) is 13.8 Å². The molecular formula is C13H25NO2. The summed E-state index contributed by atoms with van der Waals surface area (Å²) in [5, 5.41) is 3.40. The van der Waals surface area contributed by atoms with Crippen LogP contribution in [0.4, 0.5) is 0 Å². The molecule has 0 amide bonds. The number of hydrogen-bond acceptors (Lipinski definition) is 3. The van der Waals surface area contributed by atoms with Gasteiger partial charge in [0, 0.05) is 6.04 Å². The van der Waals surface area contributed by atoms with Gasteiger partial charge in [0.15, 0.2) is 0 Å². The second-order valence-corrected chi connectivity index (χ2v) is 4.85. The number of nitrogens with one attached hydrogen (secondary N) is 1. The van der Waals surface area contributed by atoms with E-state index in [0.29, 0.717) is 18.6 Å². The van der Waals surface area contributed by atoms with E-state index in [0.717, 1.165) is 5.92 Å². The number of esters is 1. The van der Waals surface area contributed by atoms with E-state index in [1.165, 1.54) is 19.3 Å². The first-order valence-electron chi connectivity index (χ1n) is 6.52. The Morgan fingerprint density at radius 3 is 2.62 bits per heavy atom. The molecule has 0 aromatic rings. The van der Waals surface area contributed by atoms with Gasteiger partial charge in [-0.1, -0.05) is 20.3 Å². The highest BCUT2D eigenvalue weighted by Gasteiger charge is 2.33. The summed E-state index contributed by atoms with van der Waals surface area (Å²) in [4.78, 5) is 11.5. The molecule has 1 fully saturated rings. The van der Waals surface area contributed by atoms with Crippen LogP contribution in [0.5, 0.6) is 0 Å². The molecular weight excluding hydrogens is 202 g/mol. The van der Waals surface area contributed by atoms with Crippen molar-refractivity contribution in [2.24, 2.45) is 11.8 Å². The van der Waals surface area contributed by atoms with Crippen molar-refractivity contribution in [1.82, 2.24) is 5.32 Å². The van der Waals surface area contributed by atoms with Crippen molar-refractivity contribution in [2.75, 3.05) is 6.61 Å². The molecule has 0 radical (unpaired) electrons. The van der Waals surface area contributed by atoms with E-state index in [4.69, 9.17) is 4.74 Å². The first-order chi connectivity index (χ1) is 7.60. The topological polar surface area (TPSA) is 38.3 Å². The second kappa shape index (κ2) is 6.24. The molecule has 0 aromatic heterocycles. The summed E-state index contributed by atoms with van der Waals surface area (Å²) in [6, 6.07) is 0.298. The Bertz CT molecular complexity index is 230. The lowest BCUT2D eigenvalue weighted by molar-refractivity contribution is -0.145. The largest absolute Gasteiger partial charge is 0.465 e. The van der Waals surface area contributed by atoms with Gasteiger partial charge in [0.25, 0.3) is 0 Å². The summed E-state index contributed by atoms with van der Waals surface area (Å²) < 4.78 is 5.00. The second-order valence-electron chi connectivity index (χ2n) is 4.85. The molecule has 0 saturated heterocycles. The van der Waals surface area contributed by atoms with Crippen molar-refractivity contribution in [1.29, 1.82) is 0 Å². The van der Waals surface area contributed by atoms with Crippen molar-refractivity contribution in [3.63, 3.8) is 0 Å². The van der Waals surface area contributed by atoms with Crippen LogP contribution in [0.25, 0.3) is 0 Å². The fourth-order valence-corrected chi connectivity index (χ4v) is 2.72. The van der Waals surface area contributed by atoms with Crippen LogP contribution in [0.3, 0.4) is 0 Å². The molecule has 0 spiro atoms. The van der Waals surface area contributed by atoms with Crippen LogP contribution in [0.15, 0.2) is 0 Å². The molecule has 16 heavy (non-hydrogen) atoms. The molecule has 4 atom stereocenters. The number of carbonyl (C=O) groups is 1. The number of ether oxygens (including phenoxy) is 1. The van der Waals surface area contributed by atoms with Crippen molar-refractivity contribution in [2.45, 2.75) is 59.0 Å². The van der Waals surface area contributed by atoms with Gasteiger partial charge in [-0.3, -0.25) is 4.79 Å². The SMILES string of the molecule is CCOC(=O)C(C)NC1CCC(CC)C1C. The molecule has 3 heteroatoms. The number of hydrogen-bond donors (Lipinski definition) is 1. The van der Waals surface area contributed by atoms with Crippen LogP contribution in [-0.4, -0.2) is 24.7 Å².